The van der Waals surface area contributed by atoms with Crippen LogP contribution in [0.5, 0.6) is 5.75 Å². The molecule has 194 valence electrons. The van der Waals surface area contributed by atoms with E-state index in [9.17, 15) is 26.4 Å². The average Bonchev–Trinajstić information content (AvgIpc) is 3.60. The van der Waals surface area contributed by atoms with Crippen molar-refractivity contribution < 1.29 is 41.0 Å². The number of carbonyl (C=O) groups excluding carboxylic acids is 1. The highest BCUT2D eigenvalue weighted by molar-refractivity contribution is 7.89. The maximum atomic E-state index is 13.4. The minimum atomic E-state index is -5.08. The standard InChI is InChI=1S/C21H23N3O4S.C2HF3O2/c25-20(16-8-9-16)23-12-10-21(14-23)15-24(13-17-5-3-4-11-22-17)29(26,27)19-7-2-1-6-18(19)28-21;3-2(4,5)1(6)7/h1-7,11,16H,8-10,12-15H2;(H,6,7). The van der Waals surface area contributed by atoms with Gasteiger partial charge in [-0.2, -0.15) is 17.5 Å². The molecule has 1 spiro atoms. The molecule has 1 unspecified atom stereocenters. The van der Waals surface area contributed by atoms with Gasteiger partial charge in [0.05, 0.1) is 25.3 Å². The number of amides is 1. The molecule has 1 N–H and O–H groups in total. The topological polar surface area (TPSA) is 117 Å². The number of hydrogen-bond donors (Lipinski definition) is 1. The van der Waals surface area contributed by atoms with Crippen LogP contribution in [0.3, 0.4) is 0 Å². The molecule has 3 heterocycles. The summed E-state index contributed by atoms with van der Waals surface area (Å²) in [6.07, 6.45) is -0.919. The molecule has 2 aliphatic heterocycles. The van der Waals surface area contributed by atoms with Crippen molar-refractivity contribution in [2.75, 3.05) is 19.6 Å². The zero-order valence-corrected chi connectivity index (χ0v) is 19.8. The SMILES string of the molecule is O=C(C1CC1)N1CCC2(C1)CN(Cc1ccccn1)S(=O)(=O)c1ccccc1O2.O=C(O)C(F)(F)F. The molecule has 1 saturated carbocycles. The smallest absolute Gasteiger partial charge is 0.483 e. The zero-order valence-electron chi connectivity index (χ0n) is 19.0. The van der Waals surface area contributed by atoms with E-state index in [0.717, 1.165) is 12.8 Å². The van der Waals surface area contributed by atoms with Crippen LogP contribution in [-0.2, 0) is 26.2 Å². The number of aliphatic carboxylic acids is 1. The second-order valence-corrected chi connectivity index (χ2v) is 10.8. The number of halogens is 3. The quantitative estimate of drug-likeness (QED) is 0.652. The van der Waals surface area contributed by atoms with Crippen LogP contribution in [0.15, 0.2) is 53.6 Å². The van der Waals surface area contributed by atoms with E-state index in [1.807, 2.05) is 17.0 Å². The summed E-state index contributed by atoms with van der Waals surface area (Å²) in [7, 11) is -3.76. The molecular weight excluding hydrogens is 503 g/mol. The van der Waals surface area contributed by atoms with Crippen molar-refractivity contribution in [2.24, 2.45) is 5.92 Å². The van der Waals surface area contributed by atoms with Crippen molar-refractivity contribution in [3.63, 3.8) is 0 Å². The summed E-state index contributed by atoms with van der Waals surface area (Å²) >= 11 is 0. The number of likely N-dealkylation sites (tertiary alicyclic amines) is 1. The van der Waals surface area contributed by atoms with Gasteiger partial charge in [-0.05, 0) is 37.1 Å². The summed E-state index contributed by atoms with van der Waals surface area (Å²) < 4.78 is 66.4. The number of rotatable bonds is 3. The fourth-order valence-electron chi connectivity index (χ4n) is 4.21. The van der Waals surface area contributed by atoms with Crippen LogP contribution < -0.4 is 4.74 Å². The number of para-hydroxylation sites is 1. The predicted molar refractivity (Wildman–Crippen MR) is 119 cm³/mol. The Bertz CT molecular complexity index is 1240. The molecular formula is C23H24F3N3O6S. The van der Waals surface area contributed by atoms with E-state index in [2.05, 4.69) is 4.98 Å². The Hall–Kier alpha value is -3.19. The van der Waals surface area contributed by atoms with Crippen LogP contribution in [-0.4, -0.2) is 71.0 Å². The minimum absolute atomic E-state index is 0.136. The molecule has 5 rings (SSSR count). The molecule has 2 fully saturated rings. The lowest BCUT2D eigenvalue weighted by molar-refractivity contribution is -0.192. The molecule has 13 heteroatoms. The van der Waals surface area contributed by atoms with Crippen molar-refractivity contribution in [3.05, 3.63) is 54.4 Å². The van der Waals surface area contributed by atoms with Crippen molar-refractivity contribution >= 4 is 21.9 Å². The Kier molecular flexibility index (Phi) is 6.97. The first-order chi connectivity index (χ1) is 16.9. The molecule has 0 radical (unpaired) electrons. The molecule has 1 aromatic carbocycles. The first kappa shape index (κ1) is 25.9. The zero-order chi connectivity index (χ0) is 26.1. The number of pyridine rings is 1. The van der Waals surface area contributed by atoms with E-state index in [4.69, 9.17) is 14.6 Å². The van der Waals surface area contributed by atoms with Gasteiger partial charge in [0.1, 0.15) is 16.2 Å². The Balaban J connectivity index is 0.000000384. The Morgan fingerprint density at radius 1 is 1.11 bits per heavy atom. The van der Waals surface area contributed by atoms with Crippen LogP contribution in [0.4, 0.5) is 13.2 Å². The predicted octanol–water partition coefficient (Wildman–Crippen LogP) is 2.68. The lowest BCUT2D eigenvalue weighted by Gasteiger charge is -2.31. The number of carboxylic acid groups (broad SMARTS) is 1. The molecule has 0 bridgehead atoms. The highest BCUT2D eigenvalue weighted by Crippen LogP contribution is 2.40. The van der Waals surface area contributed by atoms with Crippen molar-refractivity contribution in [3.8, 4) is 5.75 Å². The number of carbonyl (C=O) groups is 2. The number of aromatic nitrogens is 1. The fourth-order valence-corrected chi connectivity index (χ4v) is 5.81. The maximum Gasteiger partial charge on any atom is 0.490 e. The summed E-state index contributed by atoms with van der Waals surface area (Å²) in [5.74, 6) is -2.09. The first-order valence-corrected chi connectivity index (χ1v) is 12.6. The van der Waals surface area contributed by atoms with Crippen LogP contribution in [0.1, 0.15) is 25.0 Å². The number of carboxylic acids is 1. The fraction of sp³-hybridized carbons (Fsp3) is 0.435. The average molecular weight is 528 g/mol. The maximum absolute atomic E-state index is 13.4. The number of alkyl halides is 3. The second-order valence-electron chi connectivity index (χ2n) is 8.91. The minimum Gasteiger partial charge on any atom is -0.483 e. The molecule has 1 atom stereocenters. The van der Waals surface area contributed by atoms with Crippen LogP contribution >= 0.6 is 0 Å². The highest BCUT2D eigenvalue weighted by atomic mass is 32.2. The molecule has 3 aliphatic rings. The van der Waals surface area contributed by atoms with E-state index < -0.39 is 27.8 Å². The molecule has 1 saturated heterocycles. The highest BCUT2D eigenvalue weighted by Gasteiger charge is 2.50. The van der Waals surface area contributed by atoms with Crippen LogP contribution in [0.25, 0.3) is 0 Å². The lowest BCUT2D eigenvalue weighted by atomic mass is 10.0. The first-order valence-electron chi connectivity index (χ1n) is 11.2. The second kappa shape index (κ2) is 9.69. The number of hydrogen-bond acceptors (Lipinski definition) is 6. The molecule has 9 nitrogen and oxygen atoms in total. The van der Waals surface area contributed by atoms with Gasteiger partial charge in [-0.15, -0.1) is 0 Å². The molecule has 36 heavy (non-hydrogen) atoms. The van der Waals surface area contributed by atoms with Gasteiger partial charge in [-0.3, -0.25) is 9.78 Å². The van der Waals surface area contributed by atoms with E-state index in [-0.39, 0.29) is 29.8 Å². The van der Waals surface area contributed by atoms with E-state index in [0.29, 0.717) is 31.0 Å². The summed E-state index contributed by atoms with van der Waals surface area (Å²) in [5, 5.41) is 7.12. The number of nitrogens with zero attached hydrogens (tertiary/aromatic N) is 3. The van der Waals surface area contributed by atoms with Gasteiger partial charge in [0.25, 0.3) is 0 Å². The van der Waals surface area contributed by atoms with Crippen molar-refractivity contribution in [1.82, 2.24) is 14.2 Å². The Morgan fingerprint density at radius 3 is 2.39 bits per heavy atom. The third-order valence-electron chi connectivity index (χ3n) is 6.12. The van der Waals surface area contributed by atoms with Crippen LogP contribution in [0.2, 0.25) is 0 Å². The third kappa shape index (κ3) is 5.62. The lowest BCUT2D eigenvalue weighted by Crippen LogP contribution is -2.49. The van der Waals surface area contributed by atoms with Crippen molar-refractivity contribution in [2.45, 2.75) is 42.5 Å². The third-order valence-corrected chi connectivity index (χ3v) is 7.95. The summed E-state index contributed by atoms with van der Waals surface area (Å²) in [6, 6.07) is 12.2. The van der Waals surface area contributed by atoms with E-state index in [1.54, 1.807) is 36.5 Å². The van der Waals surface area contributed by atoms with E-state index >= 15 is 0 Å². The summed E-state index contributed by atoms with van der Waals surface area (Å²) in [6.45, 7) is 1.36. The number of ether oxygens (including phenoxy) is 1. The monoisotopic (exact) mass is 527 g/mol. The molecule has 1 aliphatic carbocycles. The molecule has 1 amide bonds. The number of fused-ring (bicyclic) bond motifs is 1. The van der Waals surface area contributed by atoms with Gasteiger partial charge in [0.2, 0.25) is 15.9 Å². The van der Waals surface area contributed by atoms with Gasteiger partial charge in [0, 0.05) is 25.1 Å². The van der Waals surface area contributed by atoms with Gasteiger partial charge in [-0.1, -0.05) is 18.2 Å². The summed E-state index contributed by atoms with van der Waals surface area (Å²) in [4.78, 5) is 27.8. The molecule has 2 aromatic rings. The van der Waals surface area contributed by atoms with Gasteiger partial charge in [0.15, 0.2) is 0 Å². The number of benzene rings is 1. The summed E-state index contributed by atoms with van der Waals surface area (Å²) in [5.41, 5.74) is -0.0755. The van der Waals surface area contributed by atoms with Gasteiger partial charge < -0.3 is 14.7 Å². The Morgan fingerprint density at radius 2 is 1.78 bits per heavy atom. The normalized spacial score (nSPS) is 23.1. The van der Waals surface area contributed by atoms with E-state index in [1.165, 1.54) is 4.31 Å². The van der Waals surface area contributed by atoms with Gasteiger partial charge >= 0.3 is 12.1 Å². The molecule has 1 aromatic heterocycles. The number of sulfonamides is 1. The van der Waals surface area contributed by atoms with Gasteiger partial charge in [-0.25, -0.2) is 13.2 Å². The Labute approximate surface area is 205 Å². The van der Waals surface area contributed by atoms with Crippen molar-refractivity contribution in [1.29, 1.82) is 0 Å². The van der Waals surface area contributed by atoms with Crippen LogP contribution in [0, 0.1) is 5.92 Å². The largest absolute Gasteiger partial charge is 0.490 e.